The van der Waals surface area contributed by atoms with Crippen molar-refractivity contribution in [2.45, 2.75) is 13.5 Å². The average Bonchev–Trinajstić information content (AvgIpc) is 2.83. The first-order valence-corrected chi connectivity index (χ1v) is 11.3. The molecule has 9 heteroatoms. The largest absolute Gasteiger partial charge is 0.491 e. The third-order valence-corrected chi connectivity index (χ3v) is 6.19. The molecule has 0 aliphatic carbocycles. The van der Waals surface area contributed by atoms with E-state index in [2.05, 4.69) is 20.1 Å². The normalized spacial score (nSPS) is 16.7. The summed E-state index contributed by atoms with van der Waals surface area (Å²) in [7, 11) is 0. The molecule has 3 aromatic rings. The van der Waals surface area contributed by atoms with E-state index in [1.54, 1.807) is 19.1 Å². The summed E-state index contributed by atoms with van der Waals surface area (Å²) < 4.78 is 39.4. The lowest BCUT2D eigenvalue weighted by Crippen LogP contribution is -2.47. The molecule has 34 heavy (non-hydrogen) atoms. The van der Waals surface area contributed by atoms with Crippen LogP contribution in [0.25, 0.3) is 10.9 Å². The molecule has 0 unspecified atom stereocenters. The summed E-state index contributed by atoms with van der Waals surface area (Å²) in [6.07, 6.45) is 0. The van der Waals surface area contributed by atoms with E-state index in [4.69, 9.17) is 9.47 Å². The number of nitrogens with zero attached hydrogens (tertiary/aromatic N) is 3. The van der Waals surface area contributed by atoms with E-state index in [1.165, 1.54) is 0 Å². The van der Waals surface area contributed by atoms with Crippen LogP contribution in [0.15, 0.2) is 36.4 Å². The zero-order chi connectivity index (χ0) is 23.7. The number of amides is 1. The number of anilines is 1. The monoisotopic (exact) mass is 468 g/mol. The van der Waals surface area contributed by atoms with Crippen LogP contribution >= 0.6 is 0 Å². The van der Waals surface area contributed by atoms with E-state index < -0.39 is 11.6 Å². The zero-order valence-electron chi connectivity index (χ0n) is 18.9. The molecule has 2 aliphatic heterocycles. The Balaban J connectivity index is 1.13. The molecule has 3 heterocycles. The van der Waals surface area contributed by atoms with E-state index in [-0.39, 0.29) is 18.0 Å². The third kappa shape index (κ3) is 4.80. The third-order valence-electron chi connectivity index (χ3n) is 6.19. The molecule has 1 N–H and O–H groups in total. The van der Waals surface area contributed by atoms with Gasteiger partial charge in [0.25, 0.3) is 5.91 Å². The maximum Gasteiger partial charge on any atom is 0.262 e. The molecular formula is C25H26F2N4O3. The van der Waals surface area contributed by atoms with Crippen LogP contribution in [0.4, 0.5) is 14.5 Å². The summed E-state index contributed by atoms with van der Waals surface area (Å²) in [5.74, 6) is -1.03. The second-order valence-electron chi connectivity index (χ2n) is 8.65. The van der Waals surface area contributed by atoms with E-state index >= 15 is 0 Å². The van der Waals surface area contributed by atoms with E-state index in [1.807, 2.05) is 18.2 Å². The number of pyridine rings is 1. The second-order valence-corrected chi connectivity index (χ2v) is 8.65. The van der Waals surface area contributed by atoms with Gasteiger partial charge in [-0.2, -0.15) is 0 Å². The first-order valence-electron chi connectivity index (χ1n) is 11.3. The van der Waals surface area contributed by atoms with E-state index in [0.29, 0.717) is 35.7 Å². The number of nitrogens with one attached hydrogen (secondary N) is 1. The minimum absolute atomic E-state index is 0.00285. The molecule has 1 amide bonds. The Kier molecular flexibility index (Phi) is 6.30. The summed E-state index contributed by atoms with van der Waals surface area (Å²) in [5.41, 5.74) is 2.46. The van der Waals surface area contributed by atoms with Crippen LogP contribution < -0.4 is 14.8 Å². The molecular weight excluding hydrogens is 442 g/mol. The summed E-state index contributed by atoms with van der Waals surface area (Å²) >= 11 is 0. The lowest BCUT2D eigenvalue weighted by molar-refractivity contribution is -0.118. The second kappa shape index (κ2) is 9.52. The lowest BCUT2D eigenvalue weighted by Gasteiger charge is -2.34. The Morgan fingerprint density at radius 1 is 1.09 bits per heavy atom. The molecule has 178 valence electrons. The molecule has 2 aromatic carbocycles. The topological polar surface area (TPSA) is 66.9 Å². The average molecular weight is 469 g/mol. The summed E-state index contributed by atoms with van der Waals surface area (Å²) in [6.45, 7) is 7.22. The maximum absolute atomic E-state index is 14.1. The van der Waals surface area contributed by atoms with Gasteiger partial charge in [-0.05, 0) is 36.8 Å². The van der Waals surface area contributed by atoms with Gasteiger partial charge in [-0.15, -0.1) is 0 Å². The van der Waals surface area contributed by atoms with Crippen molar-refractivity contribution in [2.24, 2.45) is 0 Å². The predicted molar refractivity (Wildman–Crippen MR) is 124 cm³/mol. The number of carbonyl (C=O) groups is 1. The van der Waals surface area contributed by atoms with Crippen molar-refractivity contribution in [1.82, 2.24) is 14.8 Å². The van der Waals surface area contributed by atoms with Gasteiger partial charge in [0.2, 0.25) is 0 Å². The van der Waals surface area contributed by atoms with Crippen molar-refractivity contribution in [2.75, 3.05) is 51.3 Å². The quantitative estimate of drug-likeness (QED) is 0.599. The molecule has 2 aliphatic rings. The molecule has 5 rings (SSSR count). The number of rotatable bonds is 6. The van der Waals surface area contributed by atoms with E-state index in [0.717, 1.165) is 50.0 Å². The number of hydrogen-bond donors (Lipinski definition) is 1. The highest BCUT2D eigenvalue weighted by molar-refractivity contribution is 5.95. The molecule has 1 fully saturated rings. The van der Waals surface area contributed by atoms with Gasteiger partial charge in [-0.3, -0.25) is 14.6 Å². The van der Waals surface area contributed by atoms with Crippen molar-refractivity contribution in [3.8, 4) is 11.5 Å². The van der Waals surface area contributed by atoms with Crippen LogP contribution in [0.1, 0.15) is 11.3 Å². The van der Waals surface area contributed by atoms with Crippen LogP contribution in [0.5, 0.6) is 11.5 Å². The number of halogens is 2. The molecule has 1 saturated heterocycles. The first-order chi connectivity index (χ1) is 16.5. The van der Waals surface area contributed by atoms with Crippen molar-refractivity contribution >= 4 is 22.5 Å². The fourth-order valence-electron chi connectivity index (χ4n) is 4.35. The van der Waals surface area contributed by atoms with Gasteiger partial charge in [-0.1, -0.05) is 6.07 Å². The smallest absolute Gasteiger partial charge is 0.262 e. The summed E-state index contributed by atoms with van der Waals surface area (Å²) in [4.78, 5) is 20.3. The molecule has 0 atom stereocenters. The fraction of sp³-hybridized carbons (Fsp3) is 0.360. The number of aryl methyl sites for hydroxylation is 1. The molecule has 0 spiro atoms. The van der Waals surface area contributed by atoms with Crippen molar-refractivity contribution < 1.29 is 23.0 Å². The van der Waals surface area contributed by atoms with Crippen LogP contribution in [-0.2, 0) is 11.3 Å². The maximum atomic E-state index is 14.1. The molecule has 0 bridgehead atoms. The van der Waals surface area contributed by atoms with Gasteiger partial charge in [0.05, 0.1) is 5.69 Å². The van der Waals surface area contributed by atoms with E-state index in [9.17, 15) is 13.6 Å². The summed E-state index contributed by atoms with van der Waals surface area (Å²) in [6, 6.07) is 10.5. The van der Waals surface area contributed by atoms with Gasteiger partial charge in [-0.25, -0.2) is 13.8 Å². The highest BCUT2D eigenvalue weighted by Gasteiger charge is 2.20. The predicted octanol–water partition coefficient (Wildman–Crippen LogP) is 3.35. The van der Waals surface area contributed by atoms with Gasteiger partial charge in [0.15, 0.2) is 18.2 Å². The minimum Gasteiger partial charge on any atom is -0.491 e. The fourth-order valence-corrected chi connectivity index (χ4v) is 4.35. The number of hydrogen-bond acceptors (Lipinski definition) is 6. The molecule has 0 saturated carbocycles. The number of fused-ring (bicyclic) bond motifs is 2. The standard InChI is InChI=1S/C25H26F2N4O3/c1-16-2-4-18-22(13-19(26)24(27)25(18)28-16)33-11-10-30-6-8-31(9-7-30)14-17-3-5-21-20(12-17)29-23(32)15-34-21/h2-5,12-13H,6-11,14-15H2,1H3,(H,29,32). The Bertz CT molecular complexity index is 1230. The Morgan fingerprint density at radius 3 is 2.71 bits per heavy atom. The first kappa shape index (κ1) is 22.5. The SMILES string of the molecule is Cc1ccc2c(OCCN3CCN(Cc4ccc5c(c4)NC(=O)CO5)CC3)cc(F)c(F)c2n1. The zero-order valence-corrected chi connectivity index (χ0v) is 18.9. The lowest BCUT2D eigenvalue weighted by atomic mass is 10.1. The number of ether oxygens (including phenoxy) is 2. The van der Waals surface area contributed by atoms with Crippen LogP contribution in [0.3, 0.4) is 0 Å². The number of aromatic nitrogens is 1. The van der Waals surface area contributed by atoms with Crippen LogP contribution in [0.2, 0.25) is 0 Å². The molecule has 0 radical (unpaired) electrons. The minimum atomic E-state index is -0.956. The van der Waals surface area contributed by atoms with Crippen molar-refractivity contribution in [3.63, 3.8) is 0 Å². The number of carbonyl (C=O) groups excluding carboxylic acids is 1. The highest BCUT2D eigenvalue weighted by atomic mass is 19.2. The van der Waals surface area contributed by atoms with Gasteiger partial charge >= 0.3 is 0 Å². The van der Waals surface area contributed by atoms with Crippen LogP contribution in [0, 0.1) is 18.6 Å². The Hall–Kier alpha value is -3.30. The molecule has 1 aromatic heterocycles. The molecule has 7 nitrogen and oxygen atoms in total. The van der Waals surface area contributed by atoms with Crippen molar-refractivity contribution in [1.29, 1.82) is 0 Å². The van der Waals surface area contributed by atoms with Gasteiger partial charge in [0, 0.05) is 56.4 Å². The van der Waals surface area contributed by atoms with Crippen LogP contribution in [-0.4, -0.2) is 66.6 Å². The number of benzene rings is 2. The Labute approximate surface area is 196 Å². The van der Waals surface area contributed by atoms with Crippen molar-refractivity contribution in [3.05, 3.63) is 59.3 Å². The Morgan fingerprint density at radius 2 is 1.88 bits per heavy atom. The van der Waals surface area contributed by atoms with Gasteiger partial charge < -0.3 is 14.8 Å². The number of piperazine rings is 1. The summed E-state index contributed by atoms with van der Waals surface area (Å²) in [5, 5.41) is 3.32. The highest BCUT2D eigenvalue weighted by Crippen LogP contribution is 2.30. The van der Waals surface area contributed by atoms with Gasteiger partial charge in [0.1, 0.15) is 23.6 Å².